The first-order chi connectivity index (χ1) is 11.2. The van der Waals surface area contributed by atoms with Crippen LogP contribution in [0.3, 0.4) is 0 Å². The highest BCUT2D eigenvalue weighted by molar-refractivity contribution is 6.30. The Balaban J connectivity index is 1.60. The predicted molar refractivity (Wildman–Crippen MR) is 93.4 cm³/mol. The second-order valence-corrected chi connectivity index (χ2v) is 6.25. The van der Waals surface area contributed by atoms with Crippen LogP contribution in [-0.2, 0) is 6.42 Å². The fourth-order valence-electron chi connectivity index (χ4n) is 3.13. The highest BCUT2D eigenvalue weighted by Crippen LogP contribution is 2.38. The van der Waals surface area contributed by atoms with Gasteiger partial charge in [-0.15, -0.1) is 0 Å². The third-order valence-electron chi connectivity index (χ3n) is 4.30. The minimum Gasteiger partial charge on any atom is -0.375 e. The molecular formula is C20H15ClFN. The van der Waals surface area contributed by atoms with Gasteiger partial charge in [0, 0.05) is 5.02 Å². The molecule has 1 aliphatic rings. The molecule has 0 bridgehead atoms. The van der Waals surface area contributed by atoms with Crippen LogP contribution in [0.25, 0.3) is 11.1 Å². The lowest BCUT2D eigenvalue weighted by molar-refractivity contribution is 0.631. The summed E-state index contributed by atoms with van der Waals surface area (Å²) in [5.74, 6) is -0.282. The summed E-state index contributed by atoms with van der Waals surface area (Å²) >= 11 is 5.94. The lowest BCUT2D eigenvalue weighted by Crippen LogP contribution is -2.05. The largest absolute Gasteiger partial charge is 0.375 e. The fourth-order valence-corrected chi connectivity index (χ4v) is 3.36. The van der Waals surface area contributed by atoms with E-state index in [-0.39, 0.29) is 11.9 Å². The monoisotopic (exact) mass is 323 g/mol. The SMILES string of the molecule is Fc1cc(Cl)cc2c1NC(c1ccc(-c3ccccc3)cc1)C2. The summed E-state index contributed by atoms with van der Waals surface area (Å²) in [4.78, 5) is 0. The van der Waals surface area contributed by atoms with Gasteiger partial charge in [-0.25, -0.2) is 4.39 Å². The Labute approximate surface area is 139 Å². The predicted octanol–water partition coefficient (Wildman–Crippen LogP) is 5.86. The molecule has 1 aliphatic heterocycles. The molecule has 1 N–H and O–H groups in total. The van der Waals surface area contributed by atoms with Crippen LogP contribution in [-0.4, -0.2) is 0 Å². The topological polar surface area (TPSA) is 12.0 Å². The molecule has 0 saturated heterocycles. The molecule has 0 aliphatic carbocycles. The molecule has 114 valence electrons. The average molecular weight is 324 g/mol. The van der Waals surface area contributed by atoms with Gasteiger partial charge in [0.15, 0.2) is 0 Å². The van der Waals surface area contributed by atoms with Gasteiger partial charge in [0.2, 0.25) is 0 Å². The number of halogens is 2. The molecule has 0 radical (unpaired) electrons. The van der Waals surface area contributed by atoms with Crippen LogP contribution in [0.1, 0.15) is 17.2 Å². The fraction of sp³-hybridized carbons (Fsp3) is 0.100. The minimum atomic E-state index is -0.282. The number of nitrogens with one attached hydrogen (secondary N) is 1. The second kappa shape index (κ2) is 5.71. The van der Waals surface area contributed by atoms with E-state index in [2.05, 4.69) is 41.7 Å². The summed E-state index contributed by atoms with van der Waals surface area (Å²) < 4.78 is 14.0. The first kappa shape index (κ1) is 14.3. The van der Waals surface area contributed by atoms with Crippen molar-refractivity contribution in [2.24, 2.45) is 0 Å². The molecule has 3 aromatic rings. The van der Waals surface area contributed by atoms with Crippen LogP contribution in [0.5, 0.6) is 0 Å². The van der Waals surface area contributed by atoms with E-state index in [4.69, 9.17) is 11.6 Å². The molecule has 4 rings (SSSR count). The lowest BCUT2D eigenvalue weighted by atomic mass is 9.99. The number of anilines is 1. The Morgan fingerprint density at radius 3 is 2.35 bits per heavy atom. The van der Waals surface area contributed by atoms with E-state index in [1.165, 1.54) is 17.2 Å². The van der Waals surface area contributed by atoms with E-state index in [9.17, 15) is 4.39 Å². The highest BCUT2D eigenvalue weighted by atomic mass is 35.5. The van der Waals surface area contributed by atoms with Crippen molar-refractivity contribution in [3.63, 3.8) is 0 Å². The molecule has 0 saturated carbocycles. The first-order valence-corrected chi connectivity index (χ1v) is 7.98. The molecule has 0 spiro atoms. The van der Waals surface area contributed by atoms with Gasteiger partial charge < -0.3 is 5.32 Å². The van der Waals surface area contributed by atoms with E-state index >= 15 is 0 Å². The quantitative estimate of drug-likeness (QED) is 0.623. The maximum atomic E-state index is 14.0. The molecule has 1 nitrogen and oxygen atoms in total. The molecular weight excluding hydrogens is 309 g/mol. The van der Waals surface area contributed by atoms with E-state index < -0.39 is 0 Å². The summed E-state index contributed by atoms with van der Waals surface area (Å²) in [6, 6.07) is 22.0. The average Bonchev–Trinajstić information content (AvgIpc) is 3.00. The standard InChI is InChI=1S/C20H15ClFN/c21-17-10-16-11-19(23-20(16)18(22)12-17)15-8-6-14(7-9-15)13-4-2-1-3-5-13/h1-10,12,19,23H,11H2. The zero-order valence-electron chi connectivity index (χ0n) is 12.4. The molecule has 23 heavy (non-hydrogen) atoms. The number of rotatable bonds is 2. The first-order valence-electron chi connectivity index (χ1n) is 7.60. The van der Waals surface area contributed by atoms with Gasteiger partial charge in [0.25, 0.3) is 0 Å². The summed E-state index contributed by atoms with van der Waals surface area (Å²) in [5, 5.41) is 3.72. The van der Waals surface area contributed by atoms with Gasteiger partial charge in [0.05, 0.1) is 11.7 Å². The molecule has 1 heterocycles. The maximum absolute atomic E-state index is 14.0. The van der Waals surface area contributed by atoms with Crippen molar-refractivity contribution < 1.29 is 4.39 Å². The van der Waals surface area contributed by atoms with Gasteiger partial charge in [-0.3, -0.25) is 0 Å². The summed E-state index contributed by atoms with van der Waals surface area (Å²) in [6.45, 7) is 0. The van der Waals surface area contributed by atoms with Crippen molar-refractivity contribution in [3.05, 3.63) is 88.7 Å². The summed E-state index contributed by atoms with van der Waals surface area (Å²) in [5.41, 5.74) is 5.04. The van der Waals surface area contributed by atoms with Gasteiger partial charge in [-0.2, -0.15) is 0 Å². The summed E-state index contributed by atoms with van der Waals surface area (Å²) in [7, 11) is 0. The smallest absolute Gasteiger partial charge is 0.148 e. The van der Waals surface area contributed by atoms with Crippen molar-refractivity contribution in [1.82, 2.24) is 0 Å². The Morgan fingerprint density at radius 2 is 1.61 bits per heavy atom. The highest BCUT2D eigenvalue weighted by Gasteiger charge is 2.25. The third-order valence-corrected chi connectivity index (χ3v) is 4.52. The normalized spacial score (nSPS) is 16.0. The Kier molecular flexibility index (Phi) is 3.55. The van der Waals surface area contributed by atoms with Gasteiger partial charge in [-0.05, 0) is 40.8 Å². The molecule has 0 fully saturated rings. The molecule has 1 atom stereocenters. The number of hydrogen-bond donors (Lipinski definition) is 1. The van der Waals surface area contributed by atoms with Crippen LogP contribution in [0, 0.1) is 5.82 Å². The number of benzene rings is 3. The molecule has 1 unspecified atom stereocenters. The van der Waals surface area contributed by atoms with E-state index in [0.717, 1.165) is 17.5 Å². The Morgan fingerprint density at radius 1 is 0.913 bits per heavy atom. The zero-order chi connectivity index (χ0) is 15.8. The van der Waals surface area contributed by atoms with Crippen molar-refractivity contribution in [2.75, 3.05) is 5.32 Å². The Hall–Kier alpha value is -2.32. The summed E-state index contributed by atoms with van der Waals surface area (Å²) in [6.07, 6.45) is 0.748. The molecule has 0 aromatic heterocycles. The number of fused-ring (bicyclic) bond motifs is 1. The van der Waals surface area contributed by atoms with E-state index in [0.29, 0.717) is 10.7 Å². The van der Waals surface area contributed by atoms with Crippen LogP contribution in [0.4, 0.5) is 10.1 Å². The Bertz CT molecular complexity index is 844. The lowest BCUT2D eigenvalue weighted by Gasteiger charge is -2.12. The van der Waals surface area contributed by atoms with E-state index in [1.54, 1.807) is 0 Å². The number of hydrogen-bond acceptors (Lipinski definition) is 1. The van der Waals surface area contributed by atoms with Crippen molar-refractivity contribution in [2.45, 2.75) is 12.5 Å². The van der Waals surface area contributed by atoms with Gasteiger partial charge >= 0.3 is 0 Å². The van der Waals surface area contributed by atoms with Crippen molar-refractivity contribution in [1.29, 1.82) is 0 Å². The zero-order valence-corrected chi connectivity index (χ0v) is 13.1. The van der Waals surface area contributed by atoms with Crippen molar-refractivity contribution >= 4 is 17.3 Å². The van der Waals surface area contributed by atoms with Gasteiger partial charge in [0.1, 0.15) is 5.82 Å². The van der Waals surface area contributed by atoms with Crippen molar-refractivity contribution in [3.8, 4) is 11.1 Å². The second-order valence-electron chi connectivity index (χ2n) is 5.81. The van der Waals surface area contributed by atoms with Gasteiger partial charge in [-0.1, -0.05) is 66.2 Å². The third kappa shape index (κ3) is 2.71. The van der Waals surface area contributed by atoms with Crippen LogP contribution in [0.15, 0.2) is 66.7 Å². The molecule has 3 aromatic carbocycles. The van der Waals surface area contributed by atoms with Crippen LogP contribution in [0.2, 0.25) is 5.02 Å². The van der Waals surface area contributed by atoms with Crippen LogP contribution < -0.4 is 5.32 Å². The molecule has 3 heteroatoms. The minimum absolute atomic E-state index is 0.0859. The maximum Gasteiger partial charge on any atom is 0.148 e. The molecule has 0 amide bonds. The van der Waals surface area contributed by atoms with E-state index in [1.807, 2.05) is 24.3 Å². The van der Waals surface area contributed by atoms with Crippen LogP contribution >= 0.6 is 11.6 Å².